The van der Waals surface area contributed by atoms with Gasteiger partial charge in [-0.1, -0.05) is 6.07 Å². The van der Waals surface area contributed by atoms with Crippen molar-refractivity contribution in [2.24, 2.45) is 0 Å². The van der Waals surface area contributed by atoms with E-state index in [2.05, 4.69) is 10.3 Å². The van der Waals surface area contributed by atoms with Crippen LogP contribution in [0.4, 0.5) is 0 Å². The van der Waals surface area contributed by atoms with Gasteiger partial charge < -0.3 is 23.9 Å². The molecule has 1 aliphatic rings. The minimum atomic E-state index is -0.778. The molecule has 0 unspecified atom stereocenters. The molecule has 30 heavy (non-hydrogen) atoms. The molecule has 0 saturated carbocycles. The van der Waals surface area contributed by atoms with Crippen molar-refractivity contribution >= 4 is 22.8 Å². The molecule has 4 rings (SSSR count). The van der Waals surface area contributed by atoms with Gasteiger partial charge in [0.15, 0.2) is 17.1 Å². The van der Waals surface area contributed by atoms with E-state index in [0.717, 1.165) is 5.56 Å². The van der Waals surface area contributed by atoms with Gasteiger partial charge in [-0.2, -0.15) is 0 Å². The van der Waals surface area contributed by atoms with E-state index < -0.39 is 17.5 Å². The normalized spacial score (nSPS) is 12.1. The van der Waals surface area contributed by atoms with Crippen LogP contribution in [0.3, 0.4) is 0 Å². The summed E-state index contributed by atoms with van der Waals surface area (Å²) in [6, 6.07) is 6.75. The van der Waals surface area contributed by atoms with Gasteiger partial charge in [-0.05, 0) is 30.7 Å². The maximum Gasteiger partial charge on any atom is 0.349 e. The summed E-state index contributed by atoms with van der Waals surface area (Å²) in [6.07, 6.45) is 1.52. The number of pyridine rings is 1. The summed E-state index contributed by atoms with van der Waals surface area (Å²) in [5.41, 5.74) is 1.11. The van der Waals surface area contributed by atoms with Gasteiger partial charge in [-0.25, -0.2) is 4.79 Å². The number of hydrogen-bond donors (Lipinski definition) is 1. The summed E-state index contributed by atoms with van der Waals surface area (Å²) >= 11 is 0. The Morgan fingerprint density at radius 2 is 2.00 bits per heavy atom. The van der Waals surface area contributed by atoms with E-state index in [0.29, 0.717) is 28.1 Å². The molecule has 0 fully saturated rings. The maximum absolute atomic E-state index is 12.7. The molecular formula is C21H18N2O7. The van der Waals surface area contributed by atoms with E-state index in [1.54, 1.807) is 25.1 Å². The molecule has 3 heterocycles. The number of carbonyl (C=O) groups is 2. The van der Waals surface area contributed by atoms with Gasteiger partial charge >= 0.3 is 11.6 Å². The lowest BCUT2D eigenvalue weighted by Gasteiger charge is -2.10. The molecule has 154 valence electrons. The lowest BCUT2D eigenvalue weighted by molar-refractivity contribution is -0.142. The number of aryl methyl sites for hydroxylation is 1. The molecule has 0 atom stereocenters. The summed E-state index contributed by atoms with van der Waals surface area (Å²) < 4.78 is 21.0. The molecular weight excluding hydrogens is 392 g/mol. The number of hydrogen-bond acceptors (Lipinski definition) is 8. The molecule has 1 amide bonds. The Morgan fingerprint density at radius 1 is 1.20 bits per heavy atom. The zero-order valence-electron chi connectivity index (χ0n) is 16.3. The second kappa shape index (κ2) is 7.86. The highest BCUT2D eigenvalue weighted by Crippen LogP contribution is 2.32. The molecule has 1 N–H and O–H groups in total. The Bertz CT molecular complexity index is 1220. The molecule has 1 aromatic carbocycles. The van der Waals surface area contributed by atoms with E-state index in [9.17, 15) is 14.4 Å². The van der Waals surface area contributed by atoms with Gasteiger partial charge in [0.05, 0.1) is 5.69 Å². The summed E-state index contributed by atoms with van der Waals surface area (Å²) in [7, 11) is 0. The first-order valence-corrected chi connectivity index (χ1v) is 9.15. The number of amides is 1. The number of nitrogens with one attached hydrogen (secondary N) is 1. The third-order valence-corrected chi connectivity index (χ3v) is 4.60. The smallest absolute Gasteiger partial charge is 0.349 e. The fourth-order valence-electron chi connectivity index (χ4n) is 3.06. The van der Waals surface area contributed by atoms with Gasteiger partial charge in [-0.15, -0.1) is 0 Å². The third-order valence-electron chi connectivity index (χ3n) is 4.60. The van der Waals surface area contributed by atoms with E-state index >= 15 is 0 Å². The molecule has 0 aliphatic carbocycles. The van der Waals surface area contributed by atoms with Crippen LogP contribution in [0.1, 0.15) is 34.1 Å². The average Bonchev–Trinajstić information content (AvgIpc) is 3.19. The summed E-state index contributed by atoms with van der Waals surface area (Å²) in [5.74, 6) is 0.202. The number of benzene rings is 1. The topological polar surface area (TPSA) is 117 Å². The molecule has 3 aromatic rings. The molecule has 9 heteroatoms. The lowest BCUT2D eigenvalue weighted by atomic mass is 10.1. The van der Waals surface area contributed by atoms with Crippen molar-refractivity contribution in [3.8, 4) is 11.5 Å². The lowest BCUT2D eigenvalue weighted by Crippen LogP contribution is -2.28. The first kappa shape index (κ1) is 19.4. The van der Waals surface area contributed by atoms with Gasteiger partial charge in [0, 0.05) is 30.6 Å². The molecule has 0 saturated heterocycles. The third kappa shape index (κ3) is 3.82. The van der Waals surface area contributed by atoms with E-state index in [1.165, 1.54) is 19.2 Å². The summed E-state index contributed by atoms with van der Waals surface area (Å²) in [5, 5.41) is 3.18. The van der Waals surface area contributed by atoms with Crippen LogP contribution in [0.25, 0.3) is 11.0 Å². The molecule has 2 aromatic heterocycles. The van der Waals surface area contributed by atoms with Gasteiger partial charge in [-0.3, -0.25) is 14.6 Å². The Labute approximate surface area is 170 Å². The summed E-state index contributed by atoms with van der Waals surface area (Å²) in [6.45, 7) is 3.26. The Morgan fingerprint density at radius 3 is 2.80 bits per heavy atom. The van der Waals surface area contributed by atoms with Crippen molar-refractivity contribution in [3.63, 3.8) is 0 Å². The highest BCUT2D eigenvalue weighted by Gasteiger charge is 2.18. The number of aromatic nitrogens is 1. The van der Waals surface area contributed by atoms with Crippen molar-refractivity contribution in [1.82, 2.24) is 10.3 Å². The fraction of sp³-hybridized carbons (Fsp3) is 0.238. The quantitative estimate of drug-likeness (QED) is 0.637. The van der Waals surface area contributed by atoms with Crippen molar-refractivity contribution < 1.29 is 28.2 Å². The van der Waals surface area contributed by atoms with Crippen molar-refractivity contribution in [3.05, 3.63) is 63.3 Å². The number of fused-ring (bicyclic) bond motifs is 2. The van der Waals surface area contributed by atoms with E-state index in [4.69, 9.17) is 18.6 Å². The second-order valence-corrected chi connectivity index (χ2v) is 6.71. The molecule has 0 bridgehead atoms. The van der Waals surface area contributed by atoms with Crippen molar-refractivity contribution in [1.29, 1.82) is 0 Å². The van der Waals surface area contributed by atoms with Crippen LogP contribution in [0, 0.1) is 6.92 Å². The molecule has 9 nitrogen and oxygen atoms in total. The first-order valence-electron chi connectivity index (χ1n) is 9.15. The van der Waals surface area contributed by atoms with Gasteiger partial charge in [0.2, 0.25) is 6.79 Å². The molecule has 0 radical (unpaired) electrons. The SMILES string of the molecule is CC(=O)OCc1cnc(C)c2oc(=O)c(C(=O)NCc3ccc4c(c3)OCO4)cc12. The minimum Gasteiger partial charge on any atom is -0.461 e. The van der Waals surface area contributed by atoms with Crippen molar-refractivity contribution in [2.45, 2.75) is 27.0 Å². The van der Waals surface area contributed by atoms with Gasteiger partial charge in [0.1, 0.15) is 12.2 Å². The monoisotopic (exact) mass is 410 g/mol. The minimum absolute atomic E-state index is 0.0505. The summed E-state index contributed by atoms with van der Waals surface area (Å²) in [4.78, 5) is 40.3. The highest BCUT2D eigenvalue weighted by molar-refractivity contribution is 5.97. The Balaban J connectivity index is 1.60. The second-order valence-electron chi connectivity index (χ2n) is 6.71. The van der Waals surface area contributed by atoms with E-state index in [-0.39, 0.29) is 31.1 Å². The number of rotatable bonds is 5. The van der Waals surface area contributed by atoms with Crippen LogP contribution >= 0.6 is 0 Å². The number of carbonyl (C=O) groups excluding carboxylic acids is 2. The predicted octanol–water partition coefficient (Wildman–Crippen LogP) is 2.22. The molecule has 0 spiro atoms. The van der Waals surface area contributed by atoms with Crippen LogP contribution in [0.5, 0.6) is 11.5 Å². The predicted molar refractivity (Wildman–Crippen MR) is 104 cm³/mol. The van der Waals surface area contributed by atoms with Crippen LogP contribution < -0.4 is 20.4 Å². The average molecular weight is 410 g/mol. The number of esters is 1. The highest BCUT2D eigenvalue weighted by atomic mass is 16.7. The van der Waals surface area contributed by atoms with Gasteiger partial charge in [0.25, 0.3) is 5.91 Å². The molecule has 1 aliphatic heterocycles. The number of ether oxygens (including phenoxy) is 3. The van der Waals surface area contributed by atoms with Crippen LogP contribution in [0.2, 0.25) is 0 Å². The van der Waals surface area contributed by atoms with E-state index in [1.807, 2.05) is 0 Å². The zero-order chi connectivity index (χ0) is 21.3. The van der Waals surface area contributed by atoms with Crippen LogP contribution in [0.15, 0.2) is 39.7 Å². The number of nitrogens with zero attached hydrogens (tertiary/aromatic N) is 1. The largest absolute Gasteiger partial charge is 0.461 e. The van der Waals surface area contributed by atoms with Crippen molar-refractivity contribution in [2.75, 3.05) is 6.79 Å². The Hall–Kier alpha value is -3.88. The Kier molecular flexibility index (Phi) is 5.09. The van der Waals surface area contributed by atoms with Crippen LogP contribution in [-0.2, 0) is 22.7 Å². The first-order chi connectivity index (χ1) is 14.4. The standard InChI is InChI=1S/C21H18N2O7/c1-11-19-15(14(8-22-11)9-27-12(2)24)6-16(21(26)30-19)20(25)23-7-13-3-4-17-18(5-13)29-10-28-17/h3-6,8H,7,9-10H2,1-2H3,(H,23,25). The zero-order valence-corrected chi connectivity index (χ0v) is 16.3. The van der Waals surface area contributed by atoms with Crippen LogP contribution in [-0.4, -0.2) is 23.7 Å². The fourth-order valence-corrected chi connectivity index (χ4v) is 3.06. The maximum atomic E-state index is 12.7.